The van der Waals surface area contributed by atoms with Gasteiger partial charge in [0.15, 0.2) is 17.3 Å². The predicted octanol–water partition coefficient (Wildman–Crippen LogP) is 2.35. The van der Waals surface area contributed by atoms with E-state index in [1.807, 2.05) is 20.2 Å². The summed E-state index contributed by atoms with van der Waals surface area (Å²) < 4.78 is 12.2. The van der Waals surface area contributed by atoms with Crippen molar-refractivity contribution < 1.29 is 14.3 Å². The Kier molecular flexibility index (Phi) is 3.02. The molecule has 1 aromatic heterocycles. The summed E-state index contributed by atoms with van der Waals surface area (Å²) in [6.45, 7) is 2.11. The molecule has 0 atom stereocenters. The van der Waals surface area contributed by atoms with Crippen molar-refractivity contribution in [2.45, 2.75) is 6.92 Å². The fourth-order valence-electron chi connectivity index (χ4n) is 2.09. The van der Waals surface area contributed by atoms with Gasteiger partial charge in [-0.3, -0.25) is 9.48 Å². The first kappa shape index (κ1) is 12.5. The molecule has 3 rings (SSSR count). The van der Waals surface area contributed by atoms with Gasteiger partial charge in [0.1, 0.15) is 0 Å². The zero-order chi connectivity index (χ0) is 14.1. The lowest BCUT2D eigenvalue weighted by Gasteiger charge is -1.98. The monoisotopic (exact) mass is 270 g/mol. The fourth-order valence-corrected chi connectivity index (χ4v) is 2.09. The van der Waals surface area contributed by atoms with Crippen LogP contribution in [0.1, 0.15) is 21.6 Å². The molecule has 5 nitrogen and oxygen atoms in total. The molecule has 5 heteroatoms. The number of aromatic nitrogens is 2. The lowest BCUT2D eigenvalue weighted by Crippen LogP contribution is -1.94. The number of ketones is 1. The Morgan fingerprint density at radius 2 is 2.15 bits per heavy atom. The third-order valence-electron chi connectivity index (χ3n) is 3.12. The maximum Gasteiger partial charge on any atom is 0.231 e. The molecule has 0 radical (unpaired) electrons. The minimum Gasteiger partial charge on any atom is -0.454 e. The van der Waals surface area contributed by atoms with E-state index < -0.39 is 0 Å². The van der Waals surface area contributed by atoms with E-state index >= 15 is 0 Å². The summed E-state index contributed by atoms with van der Waals surface area (Å²) in [5.41, 5.74) is 2.40. The second-order valence-electron chi connectivity index (χ2n) is 4.61. The molecule has 0 N–H and O–H groups in total. The second-order valence-corrected chi connectivity index (χ2v) is 4.61. The van der Waals surface area contributed by atoms with Crippen LogP contribution in [0.25, 0.3) is 6.08 Å². The van der Waals surface area contributed by atoms with Crippen molar-refractivity contribution in [3.05, 3.63) is 47.3 Å². The first-order valence-corrected chi connectivity index (χ1v) is 6.26. The van der Waals surface area contributed by atoms with Crippen LogP contribution in [0, 0.1) is 6.92 Å². The molecule has 1 aliphatic rings. The van der Waals surface area contributed by atoms with E-state index in [0.29, 0.717) is 17.1 Å². The van der Waals surface area contributed by atoms with E-state index in [0.717, 1.165) is 11.3 Å². The first-order chi connectivity index (χ1) is 9.63. The lowest BCUT2D eigenvalue weighted by molar-refractivity contribution is 0.104. The highest BCUT2D eigenvalue weighted by molar-refractivity contribution is 6.07. The van der Waals surface area contributed by atoms with Crippen molar-refractivity contribution in [1.82, 2.24) is 9.78 Å². The number of fused-ring (bicyclic) bond motifs is 1. The fraction of sp³-hybridized carbons (Fsp3) is 0.200. The van der Waals surface area contributed by atoms with Crippen molar-refractivity contribution >= 4 is 11.9 Å². The zero-order valence-corrected chi connectivity index (χ0v) is 11.3. The molecule has 0 fully saturated rings. The number of allylic oxidation sites excluding steroid dienone is 1. The number of rotatable bonds is 3. The summed E-state index contributed by atoms with van der Waals surface area (Å²) >= 11 is 0. The summed E-state index contributed by atoms with van der Waals surface area (Å²) in [5.74, 6) is 1.21. The van der Waals surface area contributed by atoms with Crippen LogP contribution < -0.4 is 9.47 Å². The minimum absolute atomic E-state index is 0.0773. The van der Waals surface area contributed by atoms with Crippen LogP contribution in [0.2, 0.25) is 0 Å². The van der Waals surface area contributed by atoms with Crippen LogP contribution in [0.15, 0.2) is 30.5 Å². The topological polar surface area (TPSA) is 53.4 Å². The molecular weight excluding hydrogens is 256 g/mol. The van der Waals surface area contributed by atoms with E-state index in [-0.39, 0.29) is 12.6 Å². The minimum atomic E-state index is -0.0773. The number of carbonyl (C=O) groups excluding carboxylic acids is 1. The van der Waals surface area contributed by atoms with Crippen LogP contribution in [0.4, 0.5) is 0 Å². The van der Waals surface area contributed by atoms with Gasteiger partial charge in [0, 0.05) is 24.4 Å². The van der Waals surface area contributed by atoms with Crippen LogP contribution in [-0.4, -0.2) is 22.4 Å². The molecule has 0 unspecified atom stereocenters. The molecule has 0 amide bonds. The molecule has 102 valence electrons. The van der Waals surface area contributed by atoms with E-state index in [9.17, 15) is 4.79 Å². The summed E-state index contributed by atoms with van der Waals surface area (Å²) in [6, 6.07) is 5.18. The zero-order valence-electron chi connectivity index (χ0n) is 11.3. The van der Waals surface area contributed by atoms with Gasteiger partial charge >= 0.3 is 0 Å². The Morgan fingerprint density at radius 3 is 2.90 bits per heavy atom. The number of hydrogen-bond acceptors (Lipinski definition) is 4. The SMILES string of the molecule is Cc1nn(C)cc1/C=C/C(=O)c1ccc2c(c1)OCO2. The summed E-state index contributed by atoms with van der Waals surface area (Å²) in [6.07, 6.45) is 5.19. The molecule has 1 aliphatic heterocycles. The van der Waals surface area contributed by atoms with Crippen molar-refractivity contribution in [3.8, 4) is 11.5 Å². The molecule has 0 aliphatic carbocycles. The van der Waals surface area contributed by atoms with Crippen molar-refractivity contribution in [1.29, 1.82) is 0 Å². The van der Waals surface area contributed by atoms with Gasteiger partial charge in [0.2, 0.25) is 6.79 Å². The average Bonchev–Trinajstić information content (AvgIpc) is 3.01. The molecule has 2 aromatic rings. The largest absolute Gasteiger partial charge is 0.454 e. The smallest absolute Gasteiger partial charge is 0.231 e. The van der Waals surface area contributed by atoms with E-state index in [2.05, 4.69) is 5.10 Å². The highest BCUT2D eigenvalue weighted by atomic mass is 16.7. The van der Waals surface area contributed by atoms with Crippen LogP contribution >= 0.6 is 0 Å². The standard InChI is InChI=1S/C15H14N2O3/c1-10-12(8-17(2)16-10)3-5-13(18)11-4-6-14-15(7-11)20-9-19-14/h3-8H,9H2,1-2H3/b5-3+. The van der Waals surface area contributed by atoms with Gasteiger partial charge < -0.3 is 9.47 Å². The Labute approximate surface area is 116 Å². The van der Waals surface area contributed by atoms with E-state index in [1.165, 1.54) is 0 Å². The molecule has 1 aromatic carbocycles. The van der Waals surface area contributed by atoms with Gasteiger partial charge in [-0.05, 0) is 37.3 Å². The molecule has 0 saturated carbocycles. The van der Waals surface area contributed by atoms with Crippen LogP contribution in [0.5, 0.6) is 11.5 Å². The maximum atomic E-state index is 12.1. The molecule has 20 heavy (non-hydrogen) atoms. The highest BCUT2D eigenvalue weighted by Gasteiger charge is 2.15. The van der Waals surface area contributed by atoms with Crippen molar-refractivity contribution in [2.75, 3.05) is 6.79 Å². The third-order valence-corrected chi connectivity index (χ3v) is 3.12. The van der Waals surface area contributed by atoms with Crippen molar-refractivity contribution in [3.63, 3.8) is 0 Å². The number of nitrogens with zero attached hydrogens (tertiary/aromatic N) is 2. The van der Waals surface area contributed by atoms with Crippen LogP contribution in [-0.2, 0) is 7.05 Å². The second kappa shape index (κ2) is 4.85. The van der Waals surface area contributed by atoms with E-state index in [4.69, 9.17) is 9.47 Å². The molecule has 0 saturated heterocycles. The summed E-state index contributed by atoms with van der Waals surface area (Å²) in [4.78, 5) is 12.1. The Hall–Kier alpha value is -2.56. The van der Waals surface area contributed by atoms with Gasteiger partial charge in [0.25, 0.3) is 0 Å². The van der Waals surface area contributed by atoms with E-state index in [1.54, 1.807) is 35.0 Å². The van der Waals surface area contributed by atoms with Crippen molar-refractivity contribution in [2.24, 2.45) is 7.05 Å². The Bertz CT molecular complexity index is 701. The first-order valence-electron chi connectivity index (χ1n) is 6.26. The molecule has 2 heterocycles. The number of hydrogen-bond donors (Lipinski definition) is 0. The quantitative estimate of drug-likeness (QED) is 0.634. The number of aryl methyl sites for hydroxylation is 2. The van der Waals surface area contributed by atoms with Gasteiger partial charge in [-0.2, -0.15) is 5.10 Å². The van der Waals surface area contributed by atoms with Gasteiger partial charge in [-0.15, -0.1) is 0 Å². The van der Waals surface area contributed by atoms with Gasteiger partial charge in [-0.25, -0.2) is 0 Å². The lowest BCUT2D eigenvalue weighted by atomic mass is 10.1. The van der Waals surface area contributed by atoms with Crippen LogP contribution in [0.3, 0.4) is 0 Å². The van der Waals surface area contributed by atoms with Gasteiger partial charge in [-0.1, -0.05) is 0 Å². The molecular formula is C15H14N2O3. The molecule has 0 bridgehead atoms. The summed E-state index contributed by atoms with van der Waals surface area (Å²) in [5, 5.41) is 4.23. The number of ether oxygens (including phenoxy) is 2. The Balaban J connectivity index is 1.81. The predicted molar refractivity (Wildman–Crippen MR) is 73.9 cm³/mol. The number of carbonyl (C=O) groups is 1. The number of benzene rings is 1. The van der Waals surface area contributed by atoms with Gasteiger partial charge in [0.05, 0.1) is 5.69 Å². The summed E-state index contributed by atoms with van der Waals surface area (Å²) in [7, 11) is 1.85. The molecule has 0 spiro atoms. The normalized spacial score (nSPS) is 13.1. The average molecular weight is 270 g/mol. The maximum absolute atomic E-state index is 12.1. The highest BCUT2D eigenvalue weighted by Crippen LogP contribution is 2.32. The third kappa shape index (κ3) is 2.30. The Morgan fingerprint density at radius 1 is 1.35 bits per heavy atom.